The molecule has 6 aromatic heterocycles. The fraction of sp³-hybridized carbons (Fsp3) is 0.165. The predicted octanol–water partition coefficient (Wildman–Crippen LogP) is 29.7. The predicted molar refractivity (Wildman–Crippen MR) is 507 cm³/mol. The van der Waals surface area contributed by atoms with Crippen molar-refractivity contribution in [2.24, 2.45) is 0 Å². The summed E-state index contributed by atoms with van der Waals surface area (Å²) in [7, 11) is 0. The summed E-state index contributed by atoms with van der Waals surface area (Å²) in [5, 5.41) is 0. The zero-order valence-electron chi connectivity index (χ0n) is 73.2. The molecule has 17 aromatic rings. The van der Waals surface area contributed by atoms with E-state index in [4.69, 9.17) is 0 Å². The Morgan fingerprint density at radius 1 is 0.242 bits per heavy atom. The van der Waals surface area contributed by atoms with Gasteiger partial charge in [-0.3, -0.25) is 0 Å². The van der Waals surface area contributed by atoms with Crippen molar-refractivity contribution in [1.82, 2.24) is 29.9 Å². The van der Waals surface area contributed by atoms with Gasteiger partial charge in [-0.2, -0.15) is 0 Å². The molecule has 0 aliphatic rings. The standard InChI is InChI=1S/4C21H20N.C19H16N.C12H10N.3Ir/c2*1-21(2,3)19-14-20(17-12-8-5-9-13-17)22-15-18(19)16-10-6-4-7-11-16;2*1-21(2,3)19-12-13-20(22-15-19)18-11-7-10-17(14-18)16-8-5-4-6-9-16;1-2-15-13-19(17-11-7-4-8-12-17)20-14-18(15)16-9-5-3-6-10-16;1-10-6-2-3-7-11(10)12-8-4-5-9-13-12;;;/h2*4-12,14-15H,1-3H3;2*4-10,12-15H,1-3H3;3-11,13-14H,2H2,1H3;2-6,8-9H,1H3;;;/q6*-1;;;. The molecule has 0 aliphatic carbocycles. The van der Waals surface area contributed by atoms with E-state index in [-0.39, 0.29) is 82.0 Å². The van der Waals surface area contributed by atoms with E-state index in [2.05, 4.69) is 369 Å². The van der Waals surface area contributed by atoms with E-state index in [1.54, 1.807) is 6.20 Å². The van der Waals surface area contributed by atoms with Crippen LogP contribution in [0.25, 0.3) is 123 Å². The molecule has 629 valence electrons. The second kappa shape index (κ2) is 46.1. The van der Waals surface area contributed by atoms with Gasteiger partial charge in [0.05, 0.1) is 0 Å². The van der Waals surface area contributed by atoms with Gasteiger partial charge >= 0.3 is 0 Å². The molecule has 0 aliphatic heterocycles. The van der Waals surface area contributed by atoms with E-state index in [1.807, 2.05) is 164 Å². The molecule has 0 spiro atoms. The Kier molecular flexibility index (Phi) is 35.7. The van der Waals surface area contributed by atoms with Crippen LogP contribution in [0.5, 0.6) is 0 Å². The average molecular weight is 2150 g/mol. The molecular formula is C115H106Ir3N6-6. The largest absolute Gasteiger partial charge is 0.305 e. The van der Waals surface area contributed by atoms with Gasteiger partial charge in [0.1, 0.15) is 0 Å². The van der Waals surface area contributed by atoms with Crippen molar-refractivity contribution in [3.8, 4) is 123 Å². The van der Waals surface area contributed by atoms with Gasteiger partial charge < -0.3 is 29.9 Å². The molecule has 0 saturated carbocycles. The molecule has 11 aromatic carbocycles. The van der Waals surface area contributed by atoms with E-state index in [0.717, 1.165) is 74.0 Å². The maximum atomic E-state index is 4.67. The van der Waals surface area contributed by atoms with E-state index < -0.39 is 0 Å². The Bertz CT molecular complexity index is 5770. The third-order valence-corrected chi connectivity index (χ3v) is 20.6. The van der Waals surface area contributed by atoms with Crippen molar-refractivity contribution < 1.29 is 60.3 Å². The van der Waals surface area contributed by atoms with E-state index in [0.29, 0.717) is 0 Å². The average Bonchev–Trinajstić information content (AvgIpc) is 0.788. The zero-order chi connectivity index (χ0) is 85.2. The van der Waals surface area contributed by atoms with Gasteiger partial charge in [0, 0.05) is 114 Å². The first-order valence-corrected chi connectivity index (χ1v) is 41.5. The molecule has 9 heteroatoms. The molecule has 0 N–H and O–H groups in total. The second-order valence-corrected chi connectivity index (χ2v) is 33.8. The quantitative estimate of drug-likeness (QED) is 0.113. The van der Waals surface area contributed by atoms with Gasteiger partial charge in [-0.15, -0.1) is 214 Å². The summed E-state index contributed by atoms with van der Waals surface area (Å²) in [5.41, 5.74) is 32.2. The molecule has 6 heterocycles. The summed E-state index contributed by atoms with van der Waals surface area (Å²) in [6.07, 6.45) is 12.7. The second-order valence-electron chi connectivity index (χ2n) is 33.8. The van der Waals surface area contributed by atoms with Crippen LogP contribution in [0.3, 0.4) is 0 Å². The van der Waals surface area contributed by atoms with Crippen LogP contribution >= 0.6 is 0 Å². The maximum absolute atomic E-state index is 4.67. The summed E-state index contributed by atoms with van der Waals surface area (Å²) in [4.78, 5) is 27.5. The Balaban J connectivity index is 0.000000169. The number of benzene rings is 11. The minimum atomic E-state index is 0. The zero-order valence-corrected chi connectivity index (χ0v) is 80.4. The minimum Gasteiger partial charge on any atom is -0.305 e. The van der Waals surface area contributed by atoms with Crippen LogP contribution < -0.4 is 0 Å². The Labute approximate surface area is 778 Å². The van der Waals surface area contributed by atoms with Gasteiger partial charge in [-0.1, -0.05) is 303 Å². The van der Waals surface area contributed by atoms with Crippen LogP contribution in [-0.2, 0) is 88.4 Å². The van der Waals surface area contributed by atoms with Crippen LogP contribution in [0.15, 0.2) is 377 Å². The van der Waals surface area contributed by atoms with Crippen molar-refractivity contribution in [2.45, 2.75) is 125 Å². The van der Waals surface area contributed by atoms with E-state index in [9.17, 15) is 0 Å². The first-order valence-electron chi connectivity index (χ1n) is 41.5. The van der Waals surface area contributed by atoms with Crippen LogP contribution in [0.4, 0.5) is 0 Å². The van der Waals surface area contributed by atoms with Crippen molar-refractivity contribution in [1.29, 1.82) is 0 Å². The van der Waals surface area contributed by atoms with Crippen molar-refractivity contribution in [3.63, 3.8) is 0 Å². The summed E-state index contributed by atoms with van der Waals surface area (Å²) < 4.78 is 0. The monoisotopic (exact) mass is 2150 g/mol. The summed E-state index contributed by atoms with van der Waals surface area (Å²) in [6.45, 7) is 30.9. The summed E-state index contributed by atoms with van der Waals surface area (Å²) >= 11 is 0. The number of aromatic nitrogens is 6. The molecule has 0 atom stereocenters. The van der Waals surface area contributed by atoms with Crippen molar-refractivity contribution in [3.05, 3.63) is 447 Å². The molecule has 0 saturated heterocycles. The fourth-order valence-electron chi connectivity index (χ4n) is 13.8. The van der Waals surface area contributed by atoms with Gasteiger partial charge in [0.15, 0.2) is 0 Å². The number of rotatable bonds is 12. The SMILES string of the molecule is CC(C)(C)c1cc(-c2[c-]cccc2)ncc1-c1ccccc1.CC(C)(C)c1cc(-c2[c-]cccc2)ncc1-c1ccccc1.CC(C)(C)c1ccc(-c2[c-]ccc(-c3ccccc3)c2)nc1.CC(C)(C)c1ccc(-c2[c-]ccc(-c3ccccc3)c2)nc1.CCc1cc(-c2[c-]cccc2)ncc1-c1ccccc1.Cc1ccc[c-]c1-c1ccccn1.[Ir].[Ir].[Ir]. The van der Waals surface area contributed by atoms with Gasteiger partial charge in [0.2, 0.25) is 0 Å². The Morgan fingerprint density at radius 2 is 0.581 bits per heavy atom. The number of hydrogen-bond acceptors (Lipinski definition) is 6. The van der Waals surface area contributed by atoms with Crippen LogP contribution in [0.1, 0.15) is 123 Å². The number of hydrogen-bond donors (Lipinski definition) is 0. The normalized spacial score (nSPS) is 10.8. The van der Waals surface area contributed by atoms with Gasteiger partial charge in [-0.25, -0.2) is 0 Å². The third-order valence-electron chi connectivity index (χ3n) is 20.6. The molecule has 3 radical (unpaired) electrons. The molecule has 0 fully saturated rings. The molecule has 124 heavy (non-hydrogen) atoms. The maximum Gasteiger partial charge on any atom is 0.0242 e. The van der Waals surface area contributed by atoms with Crippen LogP contribution in [0.2, 0.25) is 0 Å². The fourth-order valence-corrected chi connectivity index (χ4v) is 13.8. The molecule has 0 amide bonds. The molecule has 6 nitrogen and oxygen atoms in total. The summed E-state index contributed by atoms with van der Waals surface area (Å²) in [5.74, 6) is 0. The molecule has 17 rings (SSSR count). The minimum absolute atomic E-state index is 0. The number of nitrogens with zero attached hydrogens (tertiary/aromatic N) is 6. The first-order chi connectivity index (χ1) is 58.4. The Hall–Kier alpha value is -11.7. The third kappa shape index (κ3) is 27.1. The van der Waals surface area contributed by atoms with Crippen LogP contribution in [0, 0.1) is 43.3 Å². The van der Waals surface area contributed by atoms with Gasteiger partial charge in [0.25, 0.3) is 0 Å². The van der Waals surface area contributed by atoms with Gasteiger partial charge in [-0.05, 0) is 124 Å². The smallest absolute Gasteiger partial charge is 0.0242 e. The van der Waals surface area contributed by atoms with E-state index >= 15 is 0 Å². The molecular weight excluding hydrogens is 2040 g/mol. The first kappa shape index (κ1) is 96.1. The van der Waals surface area contributed by atoms with Crippen molar-refractivity contribution in [2.75, 3.05) is 0 Å². The summed E-state index contributed by atoms with van der Waals surface area (Å²) in [6, 6.07) is 135. The Morgan fingerprint density at radius 3 is 0.911 bits per heavy atom. The number of pyridine rings is 6. The van der Waals surface area contributed by atoms with Crippen LogP contribution in [-0.4, -0.2) is 29.9 Å². The van der Waals surface area contributed by atoms with Crippen molar-refractivity contribution >= 4 is 0 Å². The van der Waals surface area contributed by atoms with E-state index in [1.165, 1.54) is 89.0 Å². The number of aryl methyl sites for hydroxylation is 2. The molecule has 0 unspecified atom stereocenters. The topological polar surface area (TPSA) is 77.3 Å². The molecule has 0 bridgehead atoms.